The van der Waals surface area contributed by atoms with E-state index in [2.05, 4.69) is 5.32 Å². The number of aryl methyl sites for hydroxylation is 1. The molecule has 0 aromatic heterocycles. The number of hydrogen-bond donors (Lipinski definition) is 1. The first-order valence-corrected chi connectivity index (χ1v) is 8.98. The van der Waals surface area contributed by atoms with E-state index in [1.807, 2.05) is 0 Å². The molecule has 1 aliphatic rings. The van der Waals surface area contributed by atoms with Gasteiger partial charge in [0.1, 0.15) is 5.56 Å². The summed E-state index contributed by atoms with van der Waals surface area (Å²) in [6.07, 6.45) is 1.29. The van der Waals surface area contributed by atoms with Gasteiger partial charge in [-0.15, -0.1) is 0 Å². The maximum absolute atomic E-state index is 12.3. The zero-order valence-corrected chi connectivity index (χ0v) is 15.7. The molecule has 3 rings (SSSR count). The summed E-state index contributed by atoms with van der Waals surface area (Å²) >= 11 is 0. The van der Waals surface area contributed by atoms with E-state index in [1.54, 1.807) is 42.2 Å². The molecule has 0 aliphatic carbocycles. The molecule has 1 fully saturated rings. The van der Waals surface area contributed by atoms with Crippen molar-refractivity contribution >= 4 is 34.8 Å². The Morgan fingerprint density at radius 2 is 2.00 bits per heavy atom. The SMILES string of the molecule is Cc1cccc([N+](=O)[O-])c1C(=O)OCC(=O)Nc1cccc(N2CCCC2=O)c1. The number of nitro groups is 1. The Kier molecular flexibility index (Phi) is 5.87. The van der Waals surface area contributed by atoms with Crippen LogP contribution in [-0.4, -0.2) is 35.9 Å². The second kappa shape index (κ2) is 8.51. The predicted molar refractivity (Wildman–Crippen MR) is 105 cm³/mol. The van der Waals surface area contributed by atoms with Crippen LogP contribution >= 0.6 is 0 Å². The molecule has 2 aromatic rings. The van der Waals surface area contributed by atoms with Crippen molar-refractivity contribution in [1.29, 1.82) is 0 Å². The van der Waals surface area contributed by atoms with Crippen LogP contribution in [-0.2, 0) is 14.3 Å². The molecule has 0 radical (unpaired) electrons. The predicted octanol–water partition coefficient (Wildman–Crippen LogP) is 2.83. The van der Waals surface area contributed by atoms with Crippen LogP contribution in [0.2, 0.25) is 0 Å². The van der Waals surface area contributed by atoms with Gasteiger partial charge in [0, 0.05) is 30.4 Å². The van der Waals surface area contributed by atoms with Crippen LogP contribution in [0.25, 0.3) is 0 Å². The number of rotatable bonds is 6. The molecule has 9 nitrogen and oxygen atoms in total. The zero-order valence-electron chi connectivity index (χ0n) is 15.7. The highest BCUT2D eigenvalue weighted by atomic mass is 16.6. The number of carbonyl (C=O) groups is 3. The third-order valence-corrected chi connectivity index (χ3v) is 4.50. The highest BCUT2D eigenvalue weighted by molar-refractivity contribution is 5.99. The summed E-state index contributed by atoms with van der Waals surface area (Å²) in [5.74, 6) is -1.51. The summed E-state index contributed by atoms with van der Waals surface area (Å²) in [5, 5.41) is 13.7. The van der Waals surface area contributed by atoms with Gasteiger partial charge in [0.2, 0.25) is 5.91 Å². The van der Waals surface area contributed by atoms with Gasteiger partial charge < -0.3 is 15.0 Å². The fraction of sp³-hybridized carbons (Fsp3) is 0.250. The second-order valence-electron chi connectivity index (χ2n) is 6.55. The number of benzene rings is 2. The van der Waals surface area contributed by atoms with E-state index in [0.717, 1.165) is 6.42 Å². The maximum atomic E-state index is 12.3. The zero-order chi connectivity index (χ0) is 21.0. The Morgan fingerprint density at radius 3 is 2.69 bits per heavy atom. The molecule has 0 spiro atoms. The Morgan fingerprint density at radius 1 is 1.24 bits per heavy atom. The molecule has 1 N–H and O–H groups in total. The number of nitrogens with zero attached hydrogens (tertiary/aromatic N) is 2. The van der Waals surface area contributed by atoms with Gasteiger partial charge in [0.05, 0.1) is 4.92 Å². The molecular weight excluding hydrogens is 378 g/mol. The summed E-state index contributed by atoms with van der Waals surface area (Å²) in [5.41, 5.74) is 0.953. The Hall–Kier alpha value is -3.75. The van der Waals surface area contributed by atoms with Crippen LogP contribution < -0.4 is 10.2 Å². The minimum Gasteiger partial charge on any atom is -0.452 e. The summed E-state index contributed by atoms with van der Waals surface area (Å²) in [6, 6.07) is 11.0. The Balaban J connectivity index is 1.63. The molecule has 0 unspecified atom stereocenters. The maximum Gasteiger partial charge on any atom is 0.345 e. The monoisotopic (exact) mass is 397 g/mol. The molecule has 1 aliphatic heterocycles. The standard InChI is InChI=1S/C20H19N3O6/c1-13-5-2-8-16(23(27)28)19(13)20(26)29-12-17(24)21-14-6-3-7-15(11-14)22-10-4-9-18(22)25/h2-3,5-8,11H,4,9-10,12H2,1H3,(H,21,24). The Labute approximate surface area is 166 Å². The summed E-state index contributed by atoms with van der Waals surface area (Å²) in [7, 11) is 0. The quantitative estimate of drug-likeness (QED) is 0.455. The van der Waals surface area contributed by atoms with Crippen molar-refractivity contribution in [2.24, 2.45) is 0 Å². The van der Waals surface area contributed by atoms with E-state index >= 15 is 0 Å². The van der Waals surface area contributed by atoms with E-state index in [0.29, 0.717) is 29.9 Å². The number of carbonyl (C=O) groups excluding carboxylic acids is 3. The van der Waals surface area contributed by atoms with Gasteiger partial charge >= 0.3 is 5.97 Å². The second-order valence-corrected chi connectivity index (χ2v) is 6.55. The van der Waals surface area contributed by atoms with Gasteiger partial charge in [0.15, 0.2) is 6.61 Å². The molecule has 9 heteroatoms. The lowest BCUT2D eigenvalue weighted by molar-refractivity contribution is -0.385. The van der Waals surface area contributed by atoms with Gasteiger partial charge in [-0.25, -0.2) is 4.79 Å². The number of amides is 2. The van der Waals surface area contributed by atoms with Crippen molar-refractivity contribution in [2.45, 2.75) is 19.8 Å². The van der Waals surface area contributed by atoms with E-state index < -0.39 is 23.4 Å². The fourth-order valence-corrected chi connectivity index (χ4v) is 3.14. The molecule has 0 atom stereocenters. The molecule has 1 heterocycles. The number of ether oxygens (including phenoxy) is 1. The topological polar surface area (TPSA) is 119 Å². The number of esters is 1. The molecular formula is C20H19N3O6. The van der Waals surface area contributed by atoms with Gasteiger partial charge in [-0.3, -0.25) is 19.7 Å². The van der Waals surface area contributed by atoms with Gasteiger partial charge in [-0.2, -0.15) is 0 Å². The molecule has 2 aromatic carbocycles. The van der Waals surface area contributed by atoms with E-state index in [9.17, 15) is 24.5 Å². The number of anilines is 2. The highest BCUT2D eigenvalue weighted by Crippen LogP contribution is 2.25. The van der Waals surface area contributed by atoms with Crippen LogP contribution in [0.5, 0.6) is 0 Å². The summed E-state index contributed by atoms with van der Waals surface area (Å²) < 4.78 is 4.96. The van der Waals surface area contributed by atoms with E-state index in [-0.39, 0.29) is 17.2 Å². The third-order valence-electron chi connectivity index (χ3n) is 4.50. The lowest BCUT2D eigenvalue weighted by atomic mass is 10.1. The van der Waals surface area contributed by atoms with Crippen LogP contribution in [0.4, 0.5) is 17.1 Å². The summed E-state index contributed by atoms with van der Waals surface area (Å²) in [6.45, 7) is 1.58. The van der Waals surface area contributed by atoms with Crippen molar-refractivity contribution < 1.29 is 24.0 Å². The van der Waals surface area contributed by atoms with Gasteiger partial charge in [0.25, 0.3) is 11.6 Å². The fourth-order valence-electron chi connectivity index (χ4n) is 3.14. The lowest BCUT2D eigenvalue weighted by Crippen LogP contribution is -2.24. The number of nitrogens with one attached hydrogen (secondary N) is 1. The van der Waals surface area contributed by atoms with Crippen LogP contribution in [0.15, 0.2) is 42.5 Å². The molecule has 29 heavy (non-hydrogen) atoms. The third kappa shape index (κ3) is 4.57. The molecule has 0 bridgehead atoms. The minimum atomic E-state index is -0.943. The first-order chi connectivity index (χ1) is 13.9. The van der Waals surface area contributed by atoms with E-state index in [1.165, 1.54) is 12.1 Å². The molecule has 1 saturated heterocycles. The van der Waals surface area contributed by atoms with Crippen molar-refractivity contribution in [3.63, 3.8) is 0 Å². The minimum absolute atomic E-state index is 0.0298. The van der Waals surface area contributed by atoms with Crippen molar-refractivity contribution in [3.8, 4) is 0 Å². The largest absolute Gasteiger partial charge is 0.452 e. The van der Waals surface area contributed by atoms with Crippen LogP contribution in [0.1, 0.15) is 28.8 Å². The lowest BCUT2D eigenvalue weighted by Gasteiger charge is -2.16. The van der Waals surface area contributed by atoms with E-state index in [4.69, 9.17) is 4.74 Å². The average Bonchev–Trinajstić information content (AvgIpc) is 3.12. The number of nitro benzene ring substituents is 1. The van der Waals surface area contributed by atoms with Gasteiger partial charge in [-0.1, -0.05) is 18.2 Å². The van der Waals surface area contributed by atoms with Crippen LogP contribution in [0, 0.1) is 17.0 Å². The van der Waals surface area contributed by atoms with Crippen molar-refractivity contribution in [3.05, 3.63) is 63.7 Å². The first-order valence-electron chi connectivity index (χ1n) is 8.98. The number of hydrogen-bond acceptors (Lipinski definition) is 6. The molecule has 150 valence electrons. The molecule has 2 amide bonds. The van der Waals surface area contributed by atoms with Crippen LogP contribution in [0.3, 0.4) is 0 Å². The average molecular weight is 397 g/mol. The first kappa shape index (κ1) is 20.0. The van der Waals surface area contributed by atoms with Crippen molar-refractivity contribution in [1.82, 2.24) is 0 Å². The molecule has 0 saturated carbocycles. The smallest absolute Gasteiger partial charge is 0.345 e. The summed E-state index contributed by atoms with van der Waals surface area (Å²) in [4.78, 5) is 48.3. The normalized spacial score (nSPS) is 13.3. The Bertz CT molecular complexity index is 988. The van der Waals surface area contributed by atoms with Gasteiger partial charge in [-0.05, 0) is 37.1 Å². The van der Waals surface area contributed by atoms with Crippen molar-refractivity contribution in [2.75, 3.05) is 23.4 Å². The highest BCUT2D eigenvalue weighted by Gasteiger charge is 2.24.